The molecule has 0 aliphatic heterocycles. The second-order valence-electron chi connectivity index (χ2n) is 3.08. The SMILES string of the molecule is Fc1ccc(NCCSc2nccs2)cc1. The van der Waals surface area contributed by atoms with Crippen molar-refractivity contribution in [1.29, 1.82) is 0 Å². The summed E-state index contributed by atoms with van der Waals surface area (Å²) < 4.78 is 13.7. The topological polar surface area (TPSA) is 24.9 Å². The van der Waals surface area contributed by atoms with Crippen molar-refractivity contribution in [2.24, 2.45) is 0 Å². The number of hydrogen-bond acceptors (Lipinski definition) is 4. The van der Waals surface area contributed by atoms with Crippen LogP contribution < -0.4 is 5.32 Å². The highest BCUT2D eigenvalue weighted by Gasteiger charge is 1.96. The third-order valence-electron chi connectivity index (χ3n) is 1.91. The first-order chi connectivity index (χ1) is 7.84. The second kappa shape index (κ2) is 5.86. The van der Waals surface area contributed by atoms with Gasteiger partial charge in [-0.2, -0.15) is 0 Å². The number of anilines is 1. The first-order valence-corrected chi connectivity index (χ1v) is 6.73. The van der Waals surface area contributed by atoms with E-state index in [4.69, 9.17) is 0 Å². The molecule has 5 heteroatoms. The van der Waals surface area contributed by atoms with Crippen molar-refractivity contribution >= 4 is 28.8 Å². The third kappa shape index (κ3) is 3.50. The molecule has 0 saturated carbocycles. The largest absolute Gasteiger partial charge is 0.384 e. The van der Waals surface area contributed by atoms with Crippen LogP contribution in [0.3, 0.4) is 0 Å². The van der Waals surface area contributed by atoms with E-state index in [1.54, 1.807) is 41.4 Å². The van der Waals surface area contributed by atoms with Gasteiger partial charge in [0.05, 0.1) is 0 Å². The number of hydrogen-bond donors (Lipinski definition) is 1. The molecule has 0 fully saturated rings. The zero-order valence-corrected chi connectivity index (χ0v) is 10.2. The molecular weight excluding hydrogens is 243 g/mol. The number of halogens is 1. The number of rotatable bonds is 5. The van der Waals surface area contributed by atoms with E-state index in [-0.39, 0.29) is 5.82 Å². The van der Waals surface area contributed by atoms with Gasteiger partial charge in [-0.25, -0.2) is 9.37 Å². The monoisotopic (exact) mass is 254 g/mol. The molecule has 2 rings (SSSR count). The molecule has 0 bridgehead atoms. The van der Waals surface area contributed by atoms with Gasteiger partial charge in [-0.3, -0.25) is 0 Å². The molecule has 16 heavy (non-hydrogen) atoms. The van der Waals surface area contributed by atoms with Gasteiger partial charge in [-0.15, -0.1) is 11.3 Å². The van der Waals surface area contributed by atoms with Gasteiger partial charge in [0.15, 0.2) is 0 Å². The molecule has 0 radical (unpaired) electrons. The zero-order valence-electron chi connectivity index (χ0n) is 8.52. The Balaban J connectivity index is 1.70. The van der Waals surface area contributed by atoms with Crippen molar-refractivity contribution in [2.45, 2.75) is 4.34 Å². The number of nitrogens with zero attached hydrogens (tertiary/aromatic N) is 1. The van der Waals surface area contributed by atoms with E-state index in [1.807, 2.05) is 5.38 Å². The number of thioether (sulfide) groups is 1. The Hall–Kier alpha value is -1.07. The Bertz CT molecular complexity index is 414. The van der Waals surface area contributed by atoms with Gasteiger partial charge in [-0.05, 0) is 24.3 Å². The molecule has 2 aromatic rings. The van der Waals surface area contributed by atoms with Crippen LogP contribution >= 0.6 is 23.1 Å². The highest BCUT2D eigenvalue weighted by molar-refractivity contribution is 8.01. The summed E-state index contributed by atoms with van der Waals surface area (Å²) in [5.74, 6) is 0.743. The molecule has 0 aliphatic rings. The molecule has 0 aliphatic carbocycles. The van der Waals surface area contributed by atoms with Crippen molar-refractivity contribution in [2.75, 3.05) is 17.6 Å². The Morgan fingerprint density at radius 3 is 2.81 bits per heavy atom. The molecule has 1 N–H and O–H groups in total. The van der Waals surface area contributed by atoms with E-state index < -0.39 is 0 Å². The average molecular weight is 254 g/mol. The number of aromatic nitrogens is 1. The molecule has 1 aromatic heterocycles. The van der Waals surface area contributed by atoms with Gasteiger partial charge in [0, 0.05) is 29.6 Å². The molecule has 0 spiro atoms. The molecular formula is C11H11FN2S2. The molecule has 2 nitrogen and oxygen atoms in total. The maximum Gasteiger partial charge on any atom is 0.149 e. The van der Waals surface area contributed by atoms with E-state index in [0.29, 0.717) is 0 Å². The van der Waals surface area contributed by atoms with Crippen LogP contribution in [0.25, 0.3) is 0 Å². The third-order valence-corrected chi connectivity index (χ3v) is 3.88. The van der Waals surface area contributed by atoms with E-state index in [2.05, 4.69) is 10.3 Å². The van der Waals surface area contributed by atoms with Crippen LogP contribution in [0.1, 0.15) is 0 Å². The van der Waals surface area contributed by atoms with Gasteiger partial charge in [0.2, 0.25) is 0 Å². The minimum atomic E-state index is -0.206. The first-order valence-electron chi connectivity index (χ1n) is 4.86. The van der Waals surface area contributed by atoms with Gasteiger partial charge < -0.3 is 5.32 Å². The van der Waals surface area contributed by atoms with Crippen LogP contribution in [0.5, 0.6) is 0 Å². The second-order valence-corrected chi connectivity index (χ2v) is 5.32. The lowest BCUT2D eigenvalue weighted by atomic mass is 10.3. The fourth-order valence-corrected chi connectivity index (χ4v) is 2.75. The summed E-state index contributed by atoms with van der Waals surface area (Å²) in [6.07, 6.45) is 1.81. The summed E-state index contributed by atoms with van der Waals surface area (Å²) in [6, 6.07) is 6.39. The summed E-state index contributed by atoms with van der Waals surface area (Å²) in [5.41, 5.74) is 0.945. The van der Waals surface area contributed by atoms with Crippen LogP contribution in [0.15, 0.2) is 40.2 Å². The molecule has 0 unspecified atom stereocenters. The van der Waals surface area contributed by atoms with Gasteiger partial charge in [0.25, 0.3) is 0 Å². The molecule has 0 amide bonds. The van der Waals surface area contributed by atoms with Crippen molar-refractivity contribution in [1.82, 2.24) is 4.98 Å². The van der Waals surface area contributed by atoms with Gasteiger partial charge >= 0.3 is 0 Å². The van der Waals surface area contributed by atoms with Gasteiger partial charge in [0.1, 0.15) is 10.2 Å². The highest BCUT2D eigenvalue weighted by atomic mass is 32.2. The van der Waals surface area contributed by atoms with Crippen molar-refractivity contribution in [3.8, 4) is 0 Å². The zero-order chi connectivity index (χ0) is 11.2. The fraction of sp³-hybridized carbons (Fsp3) is 0.182. The molecule has 1 heterocycles. The van der Waals surface area contributed by atoms with E-state index in [1.165, 1.54) is 12.1 Å². The first kappa shape index (κ1) is 11.4. The van der Waals surface area contributed by atoms with E-state index in [9.17, 15) is 4.39 Å². The van der Waals surface area contributed by atoms with Crippen molar-refractivity contribution in [3.05, 3.63) is 41.7 Å². The molecule has 84 valence electrons. The maximum absolute atomic E-state index is 12.6. The van der Waals surface area contributed by atoms with Gasteiger partial charge in [-0.1, -0.05) is 11.8 Å². The minimum absolute atomic E-state index is 0.206. The standard InChI is InChI=1S/C11H11FN2S2/c12-9-1-3-10(4-2-9)13-5-7-15-11-14-6-8-16-11/h1-4,6,8,13H,5,7H2. The Morgan fingerprint density at radius 1 is 1.31 bits per heavy atom. The Morgan fingerprint density at radius 2 is 2.12 bits per heavy atom. The lowest BCUT2D eigenvalue weighted by Gasteiger charge is -2.04. The average Bonchev–Trinajstić information content (AvgIpc) is 2.80. The highest BCUT2D eigenvalue weighted by Crippen LogP contribution is 2.19. The fourth-order valence-electron chi connectivity index (χ4n) is 1.18. The van der Waals surface area contributed by atoms with Crippen LogP contribution in [0, 0.1) is 5.82 Å². The summed E-state index contributed by atoms with van der Waals surface area (Å²) >= 11 is 3.37. The van der Waals surface area contributed by atoms with Crippen LogP contribution in [-0.2, 0) is 0 Å². The lowest BCUT2D eigenvalue weighted by molar-refractivity contribution is 0.628. The summed E-state index contributed by atoms with van der Waals surface area (Å²) in [7, 11) is 0. The smallest absolute Gasteiger partial charge is 0.149 e. The summed E-state index contributed by atoms with van der Waals surface area (Å²) in [5, 5.41) is 5.19. The van der Waals surface area contributed by atoms with Crippen LogP contribution in [-0.4, -0.2) is 17.3 Å². The summed E-state index contributed by atoms with van der Waals surface area (Å²) in [4.78, 5) is 4.18. The van der Waals surface area contributed by atoms with Crippen LogP contribution in [0.2, 0.25) is 0 Å². The van der Waals surface area contributed by atoms with Crippen molar-refractivity contribution in [3.63, 3.8) is 0 Å². The summed E-state index contributed by atoms with van der Waals surface area (Å²) in [6.45, 7) is 0.843. The predicted molar refractivity (Wildman–Crippen MR) is 67.7 cm³/mol. The number of benzene rings is 1. The number of nitrogens with one attached hydrogen (secondary N) is 1. The molecule has 0 atom stereocenters. The predicted octanol–water partition coefficient (Wildman–Crippen LogP) is 3.49. The lowest BCUT2D eigenvalue weighted by Crippen LogP contribution is -2.03. The molecule has 0 saturated heterocycles. The molecule has 1 aromatic carbocycles. The normalized spacial score (nSPS) is 10.3. The number of thiazole rings is 1. The maximum atomic E-state index is 12.6. The van der Waals surface area contributed by atoms with Crippen LogP contribution in [0.4, 0.5) is 10.1 Å². The quantitative estimate of drug-likeness (QED) is 0.653. The van der Waals surface area contributed by atoms with E-state index >= 15 is 0 Å². The van der Waals surface area contributed by atoms with E-state index in [0.717, 1.165) is 22.3 Å². The van der Waals surface area contributed by atoms with Crippen molar-refractivity contribution < 1.29 is 4.39 Å². The Labute approximate surface area is 102 Å². The minimum Gasteiger partial charge on any atom is -0.384 e. The Kier molecular flexibility index (Phi) is 4.18.